The van der Waals surface area contributed by atoms with Gasteiger partial charge < -0.3 is 10.1 Å². The van der Waals surface area contributed by atoms with Gasteiger partial charge in [0.1, 0.15) is 5.75 Å². The topological polar surface area (TPSA) is 24.5 Å². The third-order valence-electron chi connectivity index (χ3n) is 4.69. The van der Waals surface area contributed by atoms with Crippen molar-refractivity contribution in [1.29, 1.82) is 0 Å². The van der Waals surface area contributed by atoms with E-state index in [9.17, 15) is 0 Å². The molecular weight excluding hydrogens is 355 g/mol. The summed E-state index contributed by atoms with van der Waals surface area (Å²) in [5, 5.41) is 5.96. The van der Waals surface area contributed by atoms with Crippen LogP contribution in [-0.4, -0.2) is 38.2 Å². The van der Waals surface area contributed by atoms with Crippen LogP contribution in [0.1, 0.15) is 24.4 Å². The Morgan fingerprint density at radius 2 is 1.80 bits per heavy atom. The van der Waals surface area contributed by atoms with E-state index in [1.54, 1.807) is 7.11 Å². The van der Waals surface area contributed by atoms with Gasteiger partial charge in [0.25, 0.3) is 0 Å². The molecule has 2 aromatic rings. The van der Waals surface area contributed by atoms with Crippen LogP contribution >= 0.6 is 24.8 Å². The third kappa shape index (κ3) is 5.35. The van der Waals surface area contributed by atoms with Gasteiger partial charge in [0.2, 0.25) is 0 Å². The first-order valence-corrected chi connectivity index (χ1v) is 8.45. The number of ether oxygens (including phenoxy) is 1. The predicted octanol–water partition coefficient (Wildman–Crippen LogP) is 4.60. The molecule has 0 spiro atoms. The summed E-state index contributed by atoms with van der Waals surface area (Å²) in [5.41, 5.74) is 1.41. The van der Waals surface area contributed by atoms with Crippen molar-refractivity contribution in [3.05, 3.63) is 54.6 Å². The van der Waals surface area contributed by atoms with E-state index in [2.05, 4.69) is 47.1 Å². The monoisotopic (exact) mass is 382 g/mol. The second-order valence-electron chi connectivity index (χ2n) is 6.14. The predicted molar refractivity (Wildman–Crippen MR) is 112 cm³/mol. The molecule has 5 heteroatoms. The number of benzene rings is 2. The molecule has 1 atom stereocenters. The zero-order valence-corrected chi connectivity index (χ0v) is 16.4. The lowest BCUT2D eigenvalue weighted by Gasteiger charge is -2.35. The van der Waals surface area contributed by atoms with Crippen molar-refractivity contribution in [3.8, 4) is 5.75 Å². The molecule has 0 bridgehead atoms. The van der Waals surface area contributed by atoms with Crippen LogP contribution in [0.25, 0.3) is 10.8 Å². The van der Waals surface area contributed by atoms with Crippen molar-refractivity contribution in [2.45, 2.75) is 18.9 Å². The molecule has 1 N–H and O–H groups in total. The molecule has 0 unspecified atom stereocenters. The molecule has 138 valence electrons. The molecule has 2 aromatic carbocycles. The first-order chi connectivity index (χ1) is 11.3. The maximum absolute atomic E-state index is 5.32. The minimum Gasteiger partial charge on any atom is -0.497 e. The highest BCUT2D eigenvalue weighted by Gasteiger charge is 2.21. The highest BCUT2D eigenvalue weighted by atomic mass is 35.5. The van der Waals surface area contributed by atoms with Gasteiger partial charge in [-0.15, -0.1) is 31.4 Å². The van der Waals surface area contributed by atoms with Crippen molar-refractivity contribution >= 4 is 35.6 Å². The first-order valence-electron chi connectivity index (χ1n) is 8.45. The maximum Gasteiger partial charge on any atom is 0.119 e. The Kier molecular flexibility index (Phi) is 9.30. The number of allylic oxidation sites excluding steroid dienone is 1. The second-order valence-corrected chi connectivity index (χ2v) is 6.14. The SMILES string of the molecule is C=CCC[C@H](c1ccc2cc(OC)ccc2c1)N1CCNCC1.Cl.Cl. The fourth-order valence-corrected chi connectivity index (χ4v) is 3.41. The van der Waals surface area contributed by atoms with Crippen LogP contribution < -0.4 is 10.1 Å². The van der Waals surface area contributed by atoms with E-state index in [-0.39, 0.29) is 24.8 Å². The smallest absolute Gasteiger partial charge is 0.119 e. The van der Waals surface area contributed by atoms with Crippen LogP contribution in [0.5, 0.6) is 5.75 Å². The fourth-order valence-electron chi connectivity index (χ4n) is 3.41. The van der Waals surface area contributed by atoms with E-state index in [0.717, 1.165) is 44.8 Å². The van der Waals surface area contributed by atoms with Crippen molar-refractivity contribution in [2.75, 3.05) is 33.3 Å². The summed E-state index contributed by atoms with van der Waals surface area (Å²) in [4.78, 5) is 2.60. The van der Waals surface area contributed by atoms with E-state index in [4.69, 9.17) is 4.74 Å². The van der Waals surface area contributed by atoms with E-state index < -0.39 is 0 Å². The van der Waals surface area contributed by atoms with Gasteiger partial charge in [-0.1, -0.05) is 24.3 Å². The molecule has 3 rings (SSSR count). The number of nitrogens with one attached hydrogen (secondary N) is 1. The summed E-state index contributed by atoms with van der Waals surface area (Å²) in [6, 6.07) is 13.6. The fraction of sp³-hybridized carbons (Fsp3) is 0.400. The Hall–Kier alpha value is -1.26. The summed E-state index contributed by atoms with van der Waals surface area (Å²) in [6.45, 7) is 8.28. The standard InChI is InChI=1S/C20H26N2O.2ClH/c1-3-4-5-20(22-12-10-21-11-13-22)18-7-6-17-15-19(23-2)9-8-16(17)14-18;;/h3,6-9,14-15,20-21H,1,4-5,10-13H2,2H3;2*1H/t20-;;/m1../s1. The lowest BCUT2D eigenvalue weighted by Crippen LogP contribution is -2.45. The number of fused-ring (bicyclic) bond motifs is 1. The maximum atomic E-state index is 5.32. The average Bonchev–Trinajstić information content (AvgIpc) is 2.62. The van der Waals surface area contributed by atoms with Gasteiger partial charge in [-0.3, -0.25) is 4.90 Å². The van der Waals surface area contributed by atoms with E-state index in [1.807, 2.05) is 12.1 Å². The lowest BCUT2D eigenvalue weighted by atomic mass is 9.96. The average molecular weight is 383 g/mol. The summed E-state index contributed by atoms with van der Waals surface area (Å²) >= 11 is 0. The van der Waals surface area contributed by atoms with Crippen molar-refractivity contribution in [1.82, 2.24) is 10.2 Å². The van der Waals surface area contributed by atoms with Gasteiger partial charge in [-0.25, -0.2) is 0 Å². The molecular formula is C20H28Cl2N2O. The van der Waals surface area contributed by atoms with Gasteiger partial charge in [-0.05, 0) is 47.4 Å². The minimum absolute atomic E-state index is 0. The number of hydrogen-bond acceptors (Lipinski definition) is 3. The molecule has 0 amide bonds. The minimum atomic E-state index is 0. The Morgan fingerprint density at radius 3 is 2.48 bits per heavy atom. The van der Waals surface area contributed by atoms with Crippen LogP contribution in [0.4, 0.5) is 0 Å². The van der Waals surface area contributed by atoms with Crippen LogP contribution in [-0.2, 0) is 0 Å². The number of methoxy groups -OCH3 is 1. The van der Waals surface area contributed by atoms with Crippen LogP contribution in [0, 0.1) is 0 Å². The molecule has 0 aliphatic carbocycles. The quantitative estimate of drug-likeness (QED) is 0.738. The molecule has 0 aromatic heterocycles. The molecule has 25 heavy (non-hydrogen) atoms. The van der Waals surface area contributed by atoms with E-state index >= 15 is 0 Å². The lowest BCUT2D eigenvalue weighted by molar-refractivity contribution is 0.166. The van der Waals surface area contributed by atoms with Gasteiger partial charge in [-0.2, -0.15) is 0 Å². The first kappa shape index (κ1) is 21.8. The molecule has 1 fully saturated rings. The number of halogens is 2. The summed E-state index contributed by atoms with van der Waals surface area (Å²) in [5.74, 6) is 0.913. The van der Waals surface area contributed by atoms with Gasteiger partial charge in [0.15, 0.2) is 0 Å². The number of nitrogens with zero attached hydrogens (tertiary/aromatic N) is 1. The van der Waals surface area contributed by atoms with Crippen molar-refractivity contribution in [2.24, 2.45) is 0 Å². The summed E-state index contributed by atoms with van der Waals surface area (Å²) in [7, 11) is 1.71. The zero-order chi connectivity index (χ0) is 16.1. The number of piperazine rings is 1. The van der Waals surface area contributed by atoms with Crippen LogP contribution in [0.3, 0.4) is 0 Å². The van der Waals surface area contributed by atoms with Crippen LogP contribution in [0.2, 0.25) is 0 Å². The Bertz CT molecular complexity index is 672. The van der Waals surface area contributed by atoms with Crippen molar-refractivity contribution in [3.63, 3.8) is 0 Å². The third-order valence-corrected chi connectivity index (χ3v) is 4.69. The Morgan fingerprint density at radius 1 is 1.12 bits per heavy atom. The molecule has 0 saturated carbocycles. The molecule has 1 aliphatic rings. The Balaban J connectivity index is 0.00000156. The largest absolute Gasteiger partial charge is 0.497 e. The highest BCUT2D eigenvalue weighted by Crippen LogP contribution is 2.30. The number of rotatable bonds is 6. The Labute approximate surface area is 163 Å². The molecule has 1 aliphatic heterocycles. The van der Waals surface area contributed by atoms with Gasteiger partial charge in [0.05, 0.1) is 7.11 Å². The van der Waals surface area contributed by atoms with Gasteiger partial charge >= 0.3 is 0 Å². The molecule has 3 nitrogen and oxygen atoms in total. The zero-order valence-electron chi connectivity index (χ0n) is 14.7. The summed E-state index contributed by atoms with van der Waals surface area (Å²) < 4.78 is 5.32. The van der Waals surface area contributed by atoms with Gasteiger partial charge in [0, 0.05) is 32.2 Å². The molecule has 0 radical (unpaired) electrons. The van der Waals surface area contributed by atoms with Crippen molar-refractivity contribution < 1.29 is 4.74 Å². The van der Waals surface area contributed by atoms with E-state index in [1.165, 1.54) is 16.3 Å². The highest BCUT2D eigenvalue weighted by molar-refractivity contribution is 5.86. The van der Waals surface area contributed by atoms with E-state index in [0.29, 0.717) is 6.04 Å². The number of hydrogen-bond donors (Lipinski definition) is 1. The summed E-state index contributed by atoms with van der Waals surface area (Å²) in [6.07, 6.45) is 4.21. The second kappa shape index (κ2) is 10.7. The normalized spacial score (nSPS) is 15.7. The van der Waals surface area contributed by atoms with Crippen LogP contribution in [0.15, 0.2) is 49.1 Å². The molecule has 1 saturated heterocycles. The molecule has 1 heterocycles.